The lowest BCUT2D eigenvalue weighted by Crippen LogP contribution is -2.34. The normalized spacial score (nSPS) is 15.0. The van der Waals surface area contributed by atoms with Crippen molar-refractivity contribution in [3.05, 3.63) is 29.8 Å². The molecule has 0 heterocycles. The van der Waals surface area contributed by atoms with Crippen molar-refractivity contribution in [1.82, 2.24) is 0 Å². The van der Waals surface area contributed by atoms with Gasteiger partial charge in [0.05, 0.1) is 11.0 Å². The third kappa shape index (κ3) is 5.65. The monoisotopic (exact) mass is 315 g/mol. The number of nitrogens with two attached hydrogens (primary N) is 1. The molecule has 1 aromatic rings. The first-order chi connectivity index (χ1) is 9.76. The van der Waals surface area contributed by atoms with Gasteiger partial charge >= 0.3 is 0 Å². The first-order valence-corrected chi connectivity index (χ1v) is 8.79. The maximum Gasteiger partial charge on any atom is 0.155 e. The molecule has 0 amide bonds. The Labute approximate surface area is 127 Å². The molecule has 1 aromatic carbocycles. The van der Waals surface area contributed by atoms with Crippen LogP contribution in [0.4, 0.5) is 0 Å². The molecule has 0 saturated heterocycles. The first kappa shape index (κ1) is 17.9. The Morgan fingerprint density at radius 2 is 1.95 bits per heavy atom. The van der Waals surface area contributed by atoms with Crippen LogP contribution in [0.2, 0.25) is 0 Å². The SMILES string of the molecule is CC(C)C(C)S(=O)(=O)CC(O)COc1cccc(CN)c1. The third-order valence-electron chi connectivity index (χ3n) is 3.51. The highest BCUT2D eigenvalue weighted by Crippen LogP contribution is 2.15. The summed E-state index contributed by atoms with van der Waals surface area (Å²) in [5.41, 5.74) is 6.45. The second kappa shape index (κ2) is 7.77. The largest absolute Gasteiger partial charge is 0.491 e. The Kier molecular flexibility index (Phi) is 6.64. The molecule has 0 saturated carbocycles. The van der Waals surface area contributed by atoms with E-state index in [4.69, 9.17) is 10.5 Å². The van der Waals surface area contributed by atoms with Gasteiger partial charge in [-0.15, -0.1) is 0 Å². The zero-order chi connectivity index (χ0) is 16.0. The average molecular weight is 315 g/mol. The van der Waals surface area contributed by atoms with Crippen LogP contribution in [0.1, 0.15) is 26.3 Å². The Morgan fingerprint density at radius 3 is 2.52 bits per heavy atom. The number of benzene rings is 1. The summed E-state index contributed by atoms with van der Waals surface area (Å²) < 4.78 is 29.6. The van der Waals surface area contributed by atoms with Gasteiger partial charge in [-0.05, 0) is 30.5 Å². The van der Waals surface area contributed by atoms with Crippen molar-refractivity contribution in [3.63, 3.8) is 0 Å². The highest BCUT2D eigenvalue weighted by atomic mass is 32.2. The van der Waals surface area contributed by atoms with Crippen molar-refractivity contribution >= 4 is 9.84 Å². The zero-order valence-corrected chi connectivity index (χ0v) is 13.6. The predicted molar refractivity (Wildman–Crippen MR) is 83.9 cm³/mol. The van der Waals surface area contributed by atoms with Gasteiger partial charge in [-0.25, -0.2) is 8.42 Å². The highest BCUT2D eigenvalue weighted by Gasteiger charge is 2.27. The quantitative estimate of drug-likeness (QED) is 0.755. The van der Waals surface area contributed by atoms with Crippen LogP contribution < -0.4 is 10.5 Å². The molecule has 6 heteroatoms. The number of aliphatic hydroxyl groups is 1. The van der Waals surface area contributed by atoms with Gasteiger partial charge in [0.15, 0.2) is 9.84 Å². The van der Waals surface area contributed by atoms with Gasteiger partial charge in [-0.1, -0.05) is 26.0 Å². The van der Waals surface area contributed by atoms with Gasteiger partial charge in [-0.2, -0.15) is 0 Å². The van der Waals surface area contributed by atoms with Gasteiger partial charge < -0.3 is 15.6 Å². The van der Waals surface area contributed by atoms with Gasteiger partial charge in [0.1, 0.15) is 18.5 Å². The molecule has 21 heavy (non-hydrogen) atoms. The molecule has 0 spiro atoms. The van der Waals surface area contributed by atoms with Gasteiger partial charge in [0.25, 0.3) is 0 Å². The summed E-state index contributed by atoms with van der Waals surface area (Å²) in [4.78, 5) is 0. The standard InChI is InChI=1S/C15H25NO4S/c1-11(2)12(3)21(18,19)10-14(17)9-20-15-6-4-5-13(7-15)8-16/h4-7,11-12,14,17H,8-10,16H2,1-3H3. The van der Waals surface area contributed by atoms with Crippen LogP contribution in [0.25, 0.3) is 0 Å². The highest BCUT2D eigenvalue weighted by molar-refractivity contribution is 7.92. The van der Waals surface area contributed by atoms with E-state index >= 15 is 0 Å². The molecule has 0 fully saturated rings. The molecule has 0 aromatic heterocycles. The Balaban J connectivity index is 2.56. The van der Waals surface area contributed by atoms with Crippen LogP contribution in [-0.2, 0) is 16.4 Å². The summed E-state index contributed by atoms with van der Waals surface area (Å²) in [5, 5.41) is 9.40. The lowest BCUT2D eigenvalue weighted by molar-refractivity contribution is 0.124. The summed E-state index contributed by atoms with van der Waals surface area (Å²) in [5.74, 6) is 0.304. The van der Waals surface area contributed by atoms with E-state index in [2.05, 4.69) is 0 Å². The number of hydrogen-bond acceptors (Lipinski definition) is 5. The van der Waals surface area contributed by atoms with Crippen LogP contribution >= 0.6 is 0 Å². The summed E-state index contributed by atoms with van der Waals surface area (Å²) in [6.45, 7) is 5.71. The summed E-state index contributed by atoms with van der Waals surface area (Å²) >= 11 is 0. The molecule has 120 valence electrons. The Hall–Kier alpha value is -1.11. The molecule has 0 aliphatic heterocycles. The molecule has 0 aliphatic rings. The van der Waals surface area contributed by atoms with E-state index in [9.17, 15) is 13.5 Å². The predicted octanol–water partition coefficient (Wildman–Crippen LogP) is 1.34. The van der Waals surface area contributed by atoms with Crippen LogP contribution in [-0.4, -0.2) is 37.2 Å². The number of sulfone groups is 1. The van der Waals surface area contributed by atoms with E-state index in [1.54, 1.807) is 19.1 Å². The molecule has 2 unspecified atom stereocenters. The van der Waals surface area contributed by atoms with Crippen molar-refractivity contribution < 1.29 is 18.3 Å². The van der Waals surface area contributed by atoms with Crippen molar-refractivity contribution in [2.75, 3.05) is 12.4 Å². The fourth-order valence-corrected chi connectivity index (χ4v) is 3.60. The third-order valence-corrected chi connectivity index (χ3v) is 6.03. The Morgan fingerprint density at radius 1 is 1.29 bits per heavy atom. The lowest BCUT2D eigenvalue weighted by atomic mass is 10.2. The average Bonchev–Trinajstić information content (AvgIpc) is 2.44. The zero-order valence-electron chi connectivity index (χ0n) is 12.8. The van der Waals surface area contributed by atoms with Crippen LogP contribution in [0.15, 0.2) is 24.3 Å². The minimum atomic E-state index is -3.33. The van der Waals surface area contributed by atoms with Crippen molar-refractivity contribution in [2.45, 2.75) is 38.7 Å². The van der Waals surface area contributed by atoms with E-state index in [1.807, 2.05) is 26.0 Å². The number of ether oxygens (including phenoxy) is 1. The second-order valence-corrected chi connectivity index (χ2v) is 8.00. The topological polar surface area (TPSA) is 89.6 Å². The van der Waals surface area contributed by atoms with E-state index in [-0.39, 0.29) is 18.3 Å². The molecule has 0 bridgehead atoms. The second-order valence-electron chi connectivity index (χ2n) is 5.60. The van der Waals surface area contributed by atoms with Gasteiger partial charge in [-0.3, -0.25) is 0 Å². The molecule has 1 rings (SSSR count). The van der Waals surface area contributed by atoms with E-state index in [0.29, 0.717) is 12.3 Å². The van der Waals surface area contributed by atoms with E-state index in [0.717, 1.165) is 5.56 Å². The molecule has 3 N–H and O–H groups in total. The van der Waals surface area contributed by atoms with E-state index < -0.39 is 21.2 Å². The first-order valence-electron chi connectivity index (χ1n) is 7.07. The molecule has 2 atom stereocenters. The fraction of sp³-hybridized carbons (Fsp3) is 0.600. The maximum atomic E-state index is 12.1. The van der Waals surface area contributed by atoms with Gasteiger partial charge in [0, 0.05) is 6.54 Å². The fourth-order valence-electron chi connectivity index (χ4n) is 1.84. The van der Waals surface area contributed by atoms with Crippen LogP contribution in [0.3, 0.4) is 0 Å². The van der Waals surface area contributed by atoms with Crippen molar-refractivity contribution in [3.8, 4) is 5.75 Å². The molecular weight excluding hydrogens is 290 g/mol. The summed E-state index contributed by atoms with van der Waals surface area (Å²) in [6, 6.07) is 7.20. The molecule has 5 nitrogen and oxygen atoms in total. The number of hydrogen-bond donors (Lipinski definition) is 2. The summed E-state index contributed by atoms with van der Waals surface area (Å²) in [7, 11) is -3.33. The molecule has 0 radical (unpaired) electrons. The van der Waals surface area contributed by atoms with Crippen LogP contribution in [0, 0.1) is 5.92 Å². The molecular formula is C15H25NO4S. The minimum absolute atomic E-state index is 0.0179. The smallest absolute Gasteiger partial charge is 0.155 e. The lowest BCUT2D eigenvalue weighted by Gasteiger charge is -2.19. The summed E-state index contributed by atoms with van der Waals surface area (Å²) in [6.07, 6.45) is -1.04. The Bertz CT molecular complexity index is 542. The number of aliphatic hydroxyl groups excluding tert-OH is 1. The molecule has 0 aliphatic carbocycles. The minimum Gasteiger partial charge on any atom is -0.491 e. The maximum absolute atomic E-state index is 12.1. The number of rotatable bonds is 8. The van der Waals surface area contributed by atoms with Crippen molar-refractivity contribution in [1.29, 1.82) is 0 Å². The van der Waals surface area contributed by atoms with Crippen molar-refractivity contribution in [2.24, 2.45) is 11.7 Å². The van der Waals surface area contributed by atoms with E-state index in [1.165, 1.54) is 0 Å². The van der Waals surface area contributed by atoms with Crippen LogP contribution in [0.5, 0.6) is 5.75 Å². The van der Waals surface area contributed by atoms with Gasteiger partial charge in [0.2, 0.25) is 0 Å².